The minimum atomic E-state index is -0.402. The molecule has 0 radical (unpaired) electrons. The van der Waals surface area contributed by atoms with E-state index in [-0.39, 0.29) is 11.7 Å². The van der Waals surface area contributed by atoms with Gasteiger partial charge in [-0.15, -0.1) is 0 Å². The summed E-state index contributed by atoms with van der Waals surface area (Å²) in [5, 5.41) is 9.52. The number of methoxy groups -OCH3 is 1. The fraction of sp³-hybridized carbons (Fsp3) is 0.250. The molecule has 0 saturated heterocycles. The Morgan fingerprint density at radius 2 is 2.33 bits per heavy atom. The van der Waals surface area contributed by atoms with Crippen LogP contribution in [0.15, 0.2) is 47.3 Å². The Labute approximate surface area is 88.1 Å². The van der Waals surface area contributed by atoms with Crippen LogP contribution in [0.3, 0.4) is 0 Å². The normalized spacial score (nSPS) is 23.5. The first-order chi connectivity index (χ1) is 7.22. The number of hydrogen-bond acceptors (Lipinski definition) is 3. The molecule has 0 heterocycles. The molecule has 0 spiro atoms. The highest BCUT2D eigenvalue weighted by atomic mass is 16.5. The Balaban J connectivity index is 2.47. The first-order valence-electron chi connectivity index (χ1n) is 4.79. The molecule has 2 aliphatic rings. The number of carbonyl (C=O) groups excluding carboxylic acids is 1. The standard InChI is InChI=1S/C12H12O3/c1-15-12(14)11-7-9(13)6-8-4-2-3-5-10(8)11/h2-5,7-8,13H,6H2,1H3. The minimum absolute atomic E-state index is 0.0918. The summed E-state index contributed by atoms with van der Waals surface area (Å²) in [4.78, 5) is 11.5. The number of fused-ring (bicyclic) bond motifs is 1. The number of ether oxygens (including phenoxy) is 1. The first-order valence-corrected chi connectivity index (χ1v) is 4.79. The molecule has 1 unspecified atom stereocenters. The number of rotatable bonds is 1. The molecular formula is C12H12O3. The van der Waals surface area contributed by atoms with Gasteiger partial charge in [-0.1, -0.05) is 24.3 Å². The molecular weight excluding hydrogens is 192 g/mol. The zero-order chi connectivity index (χ0) is 10.8. The average Bonchev–Trinajstić information content (AvgIpc) is 2.26. The van der Waals surface area contributed by atoms with Gasteiger partial charge < -0.3 is 9.84 Å². The zero-order valence-electron chi connectivity index (χ0n) is 8.43. The molecule has 0 amide bonds. The Morgan fingerprint density at radius 1 is 1.53 bits per heavy atom. The molecule has 3 heteroatoms. The van der Waals surface area contributed by atoms with Crippen LogP contribution in [0.25, 0.3) is 0 Å². The molecule has 1 atom stereocenters. The quantitative estimate of drug-likeness (QED) is 0.665. The molecule has 3 nitrogen and oxygen atoms in total. The lowest BCUT2D eigenvalue weighted by molar-refractivity contribution is -0.135. The number of aliphatic hydroxyl groups excluding tert-OH is 1. The lowest BCUT2D eigenvalue weighted by atomic mass is 9.83. The summed E-state index contributed by atoms with van der Waals surface area (Å²) < 4.78 is 4.68. The van der Waals surface area contributed by atoms with Crippen molar-refractivity contribution in [3.05, 3.63) is 47.3 Å². The molecule has 0 fully saturated rings. The molecule has 2 aliphatic carbocycles. The summed E-state index contributed by atoms with van der Waals surface area (Å²) >= 11 is 0. The molecule has 0 aromatic heterocycles. The van der Waals surface area contributed by atoms with Crippen molar-refractivity contribution in [2.45, 2.75) is 6.42 Å². The predicted molar refractivity (Wildman–Crippen MR) is 56.1 cm³/mol. The summed E-state index contributed by atoms with van der Waals surface area (Å²) in [6.07, 6.45) is 9.70. The van der Waals surface area contributed by atoms with Gasteiger partial charge in [-0.05, 0) is 11.6 Å². The van der Waals surface area contributed by atoms with Crippen LogP contribution in [0.4, 0.5) is 0 Å². The zero-order valence-corrected chi connectivity index (χ0v) is 8.43. The summed E-state index contributed by atoms with van der Waals surface area (Å²) in [6, 6.07) is 0. The number of aliphatic hydroxyl groups is 1. The van der Waals surface area contributed by atoms with Crippen molar-refractivity contribution in [1.82, 2.24) is 0 Å². The van der Waals surface area contributed by atoms with Gasteiger partial charge in [0.25, 0.3) is 0 Å². The second kappa shape index (κ2) is 3.77. The largest absolute Gasteiger partial charge is 0.512 e. The predicted octanol–water partition coefficient (Wildman–Crippen LogP) is 2.04. The highest BCUT2D eigenvalue weighted by molar-refractivity contribution is 5.93. The number of esters is 1. The molecule has 0 bridgehead atoms. The number of allylic oxidation sites excluding steroid dienone is 6. The van der Waals surface area contributed by atoms with Crippen molar-refractivity contribution in [1.29, 1.82) is 0 Å². The summed E-state index contributed by atoms with van der Waals surface area (Å²) in [5.41, 5.74) is 1.37. The van der Waals surface area contributed by atoms with E-state index in [1.165, 1.54) is 13.2 Å². The van der Waals surface area contributed by atoms with Gasteiger partial charge in [0, 0.05) is 12.3 Å². The van der Waals surface area contributed by atoms with Gasteiger partial charge in [0.15, 0.2) is 0 Å². The van der Waals surface area contributed by atoms with Crippen molar-refractivity contribution in [3.63, 3.8) is 0 Å². The van der Waals surface area contributed by atoms with E-state index < -0.39 is 5.97 Å². The topological polar surface area (TPSA) is 46.5 Å². The van der Waals surface area contributed by atoms with Gasteiger partial charge in [0.05, 0.1) is 18.4 Å². The molecule has 0 saturated carbocycles. The summed E-state index contributed by atoms with van der Waals surface area (Å²) in [7, 11) is 1.34. The van der Waals surface area contributed by atoms with Gasteiger partial charge in [-0.3, -0.25) is 0 Å². The second-order valence-corrected chi connectivity index (χ2v) is 3.55. The van der Waals surface area contributed by atoms with E-state index in [0.717, 1.165) is 5.57 Å². The molecule has 0 aromatic carbocycles. The molecule has 1 N–H and O–H groups in total. The Morgan fingerprint density at radius 3 is 3.07 bits per heavy atom. The fourth-order valence-electron chi connectivity index (χ4n) is 1.87. The summed E-state index contributed by atoms with van der Waals surface area (Å²) in [6.45, 7) is 0. The molecule has 2 rings (SSSR count). The maximum atomic E-state index is 11.5. The lowest BCUT2D eigenvalue weighted by Crippen LogP contribution is -2.16. The van der Waals surface area contributed by atoms with Crippen LogP contribution in [0.1, 0.15) is 6.42 Å². The molecule has 15 heavy (non-hydrogen) atoms. The second-order valence-electron chi connectivity index (χ2n) is 3.55. The van der Waals surface area contributed by atoms with Gasteiger partial charge >= 0.3 is 5.97 Å². The maximum Gasteiger partial charge on any atom is 0.338 e. The number of carbonyl (C=O) groups is 1. The van der Waals surface area contributed by atoms with E-state index in [2.05, 4.69) is 4.74 Å². The van der Waals surface area contributed by atoms with Gasteiger partial charge in [-0.25, -0.2) is 4.79 Å². The van der Waals surface area contributed by atoms with Crippen LogP contribution in [-0.4, -0.2) is 18.2 Å². The van der Waals surface area contributed by atoms with Crippen LogP contribution < -0.4 is 0 Å². The average molecular weight is 204 g/mol. The Kier molecular flexibility index (Phi) is 2.46. The van der Waals surface area contributed by atoms with E-state index in [9.17, 15) is 9.90 Å². The third kappa shape index (κ3) is 1.73. The molecule has 78 valence electrons. The van der Waals surface area contributed by atoms with Gasteiger partial charge in [-0.2, -0.15) is 0 Å². The van der Waals surface area contributed by atoms with Crippen LogP contribution in [-0.2, 0) is 9.53 Å². The lowest BCUT2D eigenvalue weighted by Gasteiger charge is -2.22. The molecule has 0 aliphatic heterocycles. The van der Waals surface area contributed by atoms with E-state index in [0.29, 0.717) is 12.0 Å². The Hall–Kier alpha value is -1.77. The van der Waals surface area contributed by atoms with Gasteiger partial charge in [0.2, 0.25) is 0 Å². The maximum absolute atomic E-state index is 11.5. The van der Waals surface area contributed by atoms with Crippen molar-refractivity contribution >= 4 is 5.97 Å². The summed E-state index contributed by atoms with van der Waals surface area (Å²) in [5.74, 6) is -0.0839. The monoisotopic (exact) mass is 204 g/mol. The van der Waals surface area contributed by atoms with Gasteiger partial charge in [0.1, 0.15) is 0 Å². The number of hydrogen-bond donors (Lipinski definition) is 1. The van der Waals surface area contributed by atoms with Crippen LogP contribution in [0, 0.1) is 5.92 Å². The highest BCUT2D eigenvalue weighted by Gasteiger charge is 2.25. The SMILES string of the molecule is COC(=O)C1=C2C=CC=CC2CC(O)=C1. The van der Waals surface area contributed by atoms with Crippen molar-refractivity contribution in [2.24, 2.45) is 5.92 Å². The van der Waals surface area contributed by atoms with Crippen LogP contribution in [0.2, 0.25) is 0 Å². The fourth-order valence-corrected chi connectivity index (χ4v) is 1.87. The van der Waals surface area contributed by atoms with Crippen LogP contribution >= 0.6 is 0 Å². The van der Waals surface area contributed by atoms with E-state index >= 15 is 0 Å². The van der Waals surface area contributed by atoms with Crippen molar-refractivity contribution < 1.29 is 14.6 Å². The van der Waals surface area contributed by atoms with E-state index in [1.54, 1.807) is 0 Å². The Bertz CT molecular complexity index is 411. The smallest absolute Gasteiger partial charge is 0.338 e. The third-order valence-electron chi connectivity index (χ3n) is 2.59. The molecule has 0 aromatic rings. The van der Waals surface area contributed by atoms with Crippen molar-refractivity contribution in [3.8, 4) is 0 Å². The van der Waals surface area contributed by atoms with E-state index in [1.807, 2.05) is 24.3 Å². The minimum Gasteiger partial charge on any atom is -0.512 e. The first kappa shape index (κ1) is 9.77. The highest BCUT2D eigenvalue weighted by Crippen LogP contribution is 2.32. The van der Waals surface area contributed by atoms with Crippen molar-refractivity contribution in [2.75, 3.05) is 7.11 Å². The third-order valence-corrected chi connectivity index (χ3v) is 2.59. The van der Waals surface area contributed by atoms with E-state index in [4.69, 9.17) is 0 Å². The van der Waals surface area contributed by atoms with Crippen LogP contribution in [0.5, 0.6) is 0 Å².